The molecule has 5 unspecified atom stereocenters. The summed E-state index contributed by atoms with van der Waals surface area (Å²) in [5.74, 6) is -1.75. The summed E-state index contributed by atoms with van der Waals surface area (Å²) in [5, 5.41) is 88.4. The monoisotopic (exact) mass is 1210 g/mol. The lowest BCUT2D eigenvalue weighted by Gasteiger charge is -2.43. The van der Waals surface area contributed by atoms with E-state index in [4.69, 9.17) is 28.4 Å². The first-order valence-electron chi connectivity index (χ1n) is 35.1. The lowest BCUT2D eigenvalue weighted by Crippen LogP contribution is -2.59. The number of ether oxygens (including phenoxy) is 6. The average molecular weight is 1210 g/mol. The third kappa shape index (κ3) is 27.9. The number of aliphatic hydroxyl groups excluding tert-OH is 8. The molecule has 2 spiro atoms. The number of hydrogen-bond acceptors (Lipinski definition) is 15. The molecule has 496 valence electrons. The third-order valence-corrected chi connectivity index (χ3v) is 19.6. The van der Waals surface area contributed by atoms with Gasteiger partial charge in [-0.15, -0.1) is 6.58 Å². The Morgan fingerprint density at radius 2 is 0.988 bits per heavy atom. The van der Waals surface area contributed by atoms with Gasteiger partial charge in [-0.05, 0) is 70.1 Å². The van der Waals surface area contributed by atoms with Gasteiger partial charge < -0.3 is 69.3 Å². The van der Waals surface area contributed by atoms with Crippen molar-refractivity contribution in [3.8, 4) is 0 Å². The fourth-order valence-electron chi connectivity index (χ4n) is 14.7. The summed E-state index contributed by atoms with van der Waals surface area (Å²) in [4.78, 5) is 12.8. The Morgan fingerprint density at radius 1 is 0.553 bits per heavy atom. The molecule has 0 amide bonds. The van der Waals surface area contributed by atoms with Crippen LogP contribution in [0.2, 0.25) is 0 Å². The van der Waals surface area contributed by atoms with Gasteiger partial charge >= 0.3 is 0 Å². The quantitative estimate of drug-likeness (QED) is 0.0209. The van der Waals surface area contributed by atoms with Gasteiger partial charge in [-0.25, -0.2) is 0 Å². The van der Waals surface area contributed by atoms with Crippen molar-refractivity contribution in [1.29, 1.82) is 0 Å². The summed E-state index contributed by atoms with van der Waals surface area (Å²) in [5.41, 5.74) is 0.902. The molecule has 18 atom stereocenters. The van der Waals surface area contributed by atoms with Crippen LogP contribution in [0.1, 0.15) is 296 Å². The molecule has 0 radical (unpaired) electrons. The van der Waals surface area contributed by atoms with E-state index in [1.165, 1.54) is 155 Å². The number of ketones is 1. The van der Waals surface area contributed by atoms with Crippen molar-refractivity contribution in [3.63, 3.8) is 0 Å². The predicted octanol–water partition coefficient (Wildman–Crippen LogP) is 12.8. The second-order valence-electron chi connectivity index (χ2n) is 27.6. The fraction of sp³-hybridized carbons (Fsp3) is 0.929. The van der Waals surface area contributed by atoms with Gasteiger partial charge in [-0.3, -0.25) is 4.79 Å². The van der Waals surface area contributed by atoms with Gasteiger partial charge in [-0.2, -0.15) is 0 Å². The molecule has 0 bridgehead atoms. The van der Waals surface area contributed by atoms with Crippen LogP contribution in [0, 0.1) is 5.92 Å². The number of rotatable bonds is 49. The van der Waals surface area contributed by atoms with Gasteiger partial charge in [0.05, 0.1) is 73.2 Å². The van der Waals surface area contributed by atoms with E-state index in [9.17, 15) is 45.6 Å². The van der Waals surface area contributed by atoms with Crippen LogP contribution < -0.4 is 0 Å². The van der Waals surface area contributed by atoms with Crippen LogP contribution in [0.25, 0.3) is 0 Å². The molecule has 5 aliphatic heterocycles. The largest absolute Gasteiger partial charge is 0.393 e. The van der Waals surface area contributed by atoms with E-state index in [-0.39, 0.29) is 62.4 Å². The smallest absolute Gasteiger partial charge is 0.171 e. The zero-order valence-corrected chi connectivity index (χ0v) is 53.8. The first-order valence-corrected chi connectivity index (χ1v) is 35.1. The van der Waals surface area contributed by atoms with E-state index in [1.54, 1.807) is 0 Å². The van der Waals surface area contributed by atoms with Crippen LogP contribution in [0.3, 0.4) is 0 Å². The summed E-state index contributed by atoms with van der Waals surface area (Å²) in [6.07, 6.45) is 31.8. The van der Waals surface area contributed by atoms with E-state index < -0.39 is 90.9 Å². The zero-order valence-electron chi connectivity index (χ0n) is 53.8. The van der Waals surface area contributed by atoms with Gasteiger partial charge in [0.25, 0.3) is 0 Å². The molecule has 5 rings (SSSR count). The summed E-state index contributed by atoms with van der Waals surface area (Å²) < 4.78 is 37.4. The maximum absolute atomic E-state index is 12.8. The first-order chi connectivity index (χ1) is 41.0. The normalized spacial score (nSPS) is 31.3. The van der Waals surface area contributed by atoms with Crippen molar-refractivity contribution < 1.29 is 74.1 Å². The highest BCUT2D eigenvalue weighted by Crippen LogP contribution is 2.46. The first kappa shape index (κ1) is 74.3. The van der Waals surface area contributed by atoms with E-state index in [2.05, 4.69) is 27.0 Å². The van der Waals surface area contributed by atoms with Crippen molar-refractivity contribution >= 4 is 5.78 Å². The maximum Gasteiger partial charge on any atom is 0.171 e. The fourth-order valence-corrected chi connectivity index (χ4v) is 14.7. The van der Waals surface area contributed by atoms with Crippen LogP contribution in [-0.2, 0) is 33.2 Å². The molecule has 15 nitrogen and oxygen atoms in total. The zero-order chi connectivity index (χ0) is 61.5. The summed E-state index contributed by atoms with van der Waals surface area (Å²) in [6, 6.07) is 0. The van der Waals surface area contributed by atoms with Gasteiger partial charge in [-0.1, -0.05) is 186 Å². The SMILES string of the molecule is C=CCCCCCCCCCCCCCCCCCCCCC[C@@H]1CC[C@@]2(C[C@@H](O)[C@H](CC(O)CC(C)CCC[C@@H]3CC[C@]4(C[C@@H](O)[C@H](CC(O)C[C@H]5O[C@@H](CC(O)CC(=O)CC(O)CC(=C)CCCCCCC)[C@H](O)[C@@H](OC)[C@@H]5O)O4)O3)O2)O1. The van der Waals surface area contributed by atoms with Crippen molar-refractivity contribution in [2.24, 2.45) is 5.92 Å². The highest BCUT2D eigenvalue weighted by molar-refractivity contribution is 5.79. The number of methoxy groups -OCH3 is 1. The van der Waals surface area contributed by atoms with E-state index in [1.807, 2.05) is 6.08 Å². The standard InChI is InChI=1S/C70H126O15/c1-6-8-10-12-13-14-15-16-17-18-19-20-21-22-23-24-25-26-27-29-31-35-58-37-39-69(82-58)49-60(76)62(84-69)45-54(72)42-52(4)34-32-36-59-38-40-70(83-59)50-61(77)63(85-70)46-57(75)48-65-67(79)68(80-5)66(78)64(81-65)47-56(74)44-55(73)43-53(71)41-51(3)33-30-28-11-9-7-2/h6,52-54,56-68,71-72,74-79H,1,3,7-50H2,2,4-5H3/t52?,53?,54?,56?,57?,58-,59-,60-,61-,62+,63+,64+,65-,66+,67-,68-,69-,70+/m1/s1. The molecule has 0 saturated carbocycles. The topological polar surface area (TPSA) is 234 Å². The lowest BCUT2D eigenvalue weighted by molar-refractivity contribution is -0.241. The highest BCUT2D eigenvalue weighted by atomic mass is 16.7. The summed E-state index contributed by atoms with van der Waals surface area (Å²) in [6.45, 7) is 12.2. The highest BCUT2D eigenvalue weighted by Gasteiger charge is 2.53. The number of allylic oxidation sites excluding steroid dienone is 1. The lowest BCUT2D eigenvalue weighted by atomic mass is 9.88. The Bertz CT molecular complexity index is 1790. The minimum atomic E-state index is -1.32. The Hall–Kier alpha value is -1.41. The molecule has 0 aromatic heterocycles. The summed E-state index contributed by atoms with van der Waals surface area (Å²) in [7, 11) is 1.35. The predicted molar refractivity (Wildman–Crippen MR) is 335 cm³/mol. The molecule has 8 N–H and O–H groups in total. The average Bonchev–Trinajstić information content (AvgIpc) is 3.20. The molecular weight excluding hydrogens is 1080 g/mol. The minimum absolute atomic E-state index is 0.0508. The number of unbranched alkanes of at least 4 members (excludes halogenated alkanes) is 23. The Morgan fingerprint density at radius 3 is 1.49 bits per heavy atom. The van der Waals surface area contributed by atoms with Gasteiger partial charge in [0.1, 0.15) is 24.1 Å². The van der Waals surface area contributed by atoms with Gasteiger partial charge in [0.15, 0.2) is 11.6 Å². The Balaban J connectivity index is 0.884. The van der Waals surface area contributed by atoms with Crippen molar-refractivity contribution in [1.82, 2.24) is 0 Å². The number of aliphatic hydroxyl groups is 8. The van der Waals surface area contributed by atoms with Crippen LogP contribution in [0.15, 0.2) is 24.8 Å². The van der Waals surface area contributed by atoms with Crippen LogP contribution >= 0.6 is 0 Å². The molecule has 5 saturated heterocycles. The van der Waals surface area contributed by atoms with Crippen LogP contribution in [0.5, 0.6) is 0 Å². The molecule has 85 heavy (non-hydrogen) atoms. The second kappa shape index (κ2) is 41.1. The van der Waals surface area contributed by atoms with Crippen LogP contribution in [0.4, 0.5) is 0 Å². The molecule has 0 aromatic rings. The molecular formula is C70H126O15. The van der Waals surface area contributed by atoms with Gasteiger partial charge in [0, 0.05) is 71.3 Å². The minimum Gasteiger partial charge on any atom is -0.393 e. The van der Waals surface area contributed by atoms with E-state index >= 15 is 0 Å². The second-order valence-corrected chi connectivity index (χ2v) is 27.6. The molecule has 0 aliphatic carbocycles. The third-order valence-electron chi connectivity index (χ3n) is 19.6. The molecule has 5 heterocycles. The van der Waals surface area contributed by atoms with E-state index in [0.717, 1.165) is 69.8 Å². The summed E-state index contributed by atoms with van der Waals surface area (Å²) >= 11 is 0. The molecule has 0 aromatic carbocycles. The van der Waals surface area contributed by atoms with Crippen molar-refractivity contribution in [2.75, 3.05) is 7.11 Å². The van der Waals surface area contributed by atoms with Crippen LogP contribution in [-0.4, -0.2) is 157 Å². The Kier molecular flexibility index (Phi) is 36.0. The molecule has 15 heteroatoms. The van der Waals surface area contributed by atoms with Gasteiger partial charge in [0.2, 0.25) is 0 Å². The van der Waals surface area contributed by atoms with Crippen molar-refractivity contribution in [3.05, 3.63) is 24.8 Å². The number of carbonyl (C=O) groups is 1. The van der Waals surface area contributed by atoms with Crippen molar-refractivity contribution in [2.45, 2.75) is 399 Å². The number of carbonyl (C=O) groups excluding carboxylic acids is 1. The number of hydrogen-bond donors (Lipinski definition) is 8. The van der Waals surface area contributed by atoms with E-state index in [0.29, 0.717) is 32.1 Å². The maximum atomic E-state index is 12.8. The molecule has 5 fully saturated rings. The Labute approximate surface area is 515 Å². The molecule has 5 aliphatic rings. The number of Topliss-reactive ketones (excluding diaryl/α,β-unsaturated/α-hetero) is 1.